The summed E-state index contributed by atoms with van der Waals surface area (Å²) in [6, 6.07) is 2.70. The Kier molecular flexibility index (Phi) is 3.98. The zero-order chi connectivity index (χ0) is 14.1. The van der Waals surface area contributed by atoms with Gasteiger partial charge in [-0.1, -0.05) is 26.8 Å². The van der Waals surface area contributed by atoms with E-state index in [-0.39, 0.29) is 11.8 Å². The third-order valence-electron chi connectivity index (χ3n) is 3.05. The second-order valence-electron chi connectivity index (χ2n) is 4.56. The predicted octanol–water partition coefficient (Wildman–Crippen LogP) is 4.37. The highest BCUT2D eigenvalue weighted by atomic mass is 19.4. The van der Waals surface area contributed by atoms with Crippen molar-refractivity contribution < 1.29 is 18.1 Å². The number of alkyl halides is 3. The first-order valence-corrected chi connectivity index (χ1v) is 5.50. The zero-order valence-electron chi connectivity index (χ0n) is 10.3. The van der Waals surface area contributed by atoms with Gasteiger partial charge in [-0.3, -0.25) is 10.1 Å². The van der Waals surface area contributed by atoms with Gasteiger partial charge in [0.05, 0.1) is 10.5 Å². The van der Waals surface area contributed by atoms with E-state index in [1.807, 2.05) is 13.8 Å². The summed E-state index contributed by atoms with van der Waals surface area (Å²) in [6.45, 7) is 5.50. The van der Waals surface area contributed by atoms with Gasteiger partial charge in [0.1, 0.15) is 0 Å². The molecule has 0 saturated heterocycles. The van der Waals surface area contributed by atoms with Gasteiger partial charge in [0.2, 0.25) is 0 Å². The minimum Gasteiger partial charge on any atom is -0.258 e. The second-order valence-corrected chi connectivity index (χ2v) is 4.56. The quantitative estimate of drug-likeness (QED) is 0.598. The van der Waals surface area contributed by atoms with Gasteiger partial charge >= 0.3 is 6.18 Å². The number of halogens is 3. The molecule has 0 saturated carbocycles. The average Bonchev–Trinajstić information content (AvgIpc) is 2.25. The maximum absolute atomic E-state index is 12.5. The number of rotatable bonds is 3. The molecule has 0 heterocycles. The Morgan fingerprint density at radius 1 is 1.22 bits per heavy atom. The average molecular weight is 261 g/mol. The lowest BCUT2D eigenvalue weighted by atomic mass is 9.88. The Balaban J connectivity index is 3.34. The number of nitro benzene ring substituents is 1. The second kappa shape index (κ2) is 4.96. The van der Waals surface area contributed by atoms with Crippen molar-refractivity contribution in [2.75, 3.05) is 0 Å². The largest absolute Gasteiger partial charge is 0.416 e. The van der Waals surface area contributed by atoms with Gasteiger partial charge in [-0.2, -0.15) is 13.2 Å². The molecule has 0 N–H and O–H groups in total. The van der Waals surface area contributed by atoms with E-state index in [9.17, 15) is 23.3 Å². The molecule has 1 aromatic carbocycles. The van der Waals surface area contributed by atoms with Crippen LogP contribution in [0.4, 0.5) is 18.9 Å². The predicted molar refractivity (Wildman–Crippen MR) is 61.4 cm³/mol. The van der Waals surface area contributed by atoms with Crippen LogP contribution in [-0.4, -0.2) is 4.92 Å². The summed E-state index contributed by atoms with van der Waals surface area (Å²) in [5.74, 6) is -0.0619. The SMILES string of the molecule is CC(C)C(C)c1ccc(C(F)(F)F)cc1[N+](=O)[O-]. The van der Waals surface area contributed by atoms with E-state index in [1.54, 1.807) is 6.92 Å². The minimum absolute atomic E-state index is 0.112. The molecule has 0 bridgehead atoms. The van der Waals surface area contributed by atoms with E-state index in [0.29, 0.717) is 11.6 Å². The van der Waals surface area contributed by atoms with Gasteiger partial charge in [0.15, 0.2) is 0 Å². The number of benzene rings is 1. The van der Waals surface area contributed by atoms with E-state index >= 15 is 0 Å². The maximum atomic E-state index is 12.5. The molecule has 0 aliphatic rings. The number of nitro groups is 1. The Labute approximate surface area is 103 Å². The first-order valence-electron chi connectivity index (χ1n) is 5.50. The molecule has 1 unspecified atom stereocenters. The smallest absolute Gasteiger partial charge is 0.258 e. The third kappa shape index (κ3) is 3.00. The van der Waals surface area contributed by atoms with Crippen LogP contribution >= 0.6 is 0 Å². The lowest BCUT2D eigenvalue weighted by Gasteiger charge is -2.17. The molecule has 3 nitrogen and oxygen atoms in total. The summed E-state index contributed by atoms with van der Waals surface area (Å²) in [4.78, 5) is 10.1. The Morgan fingerprint density at radius 3 is 2.17 bits per heavy atom. The summed E-state index contributed by atoms with van der Waals surface area (Å²) in [7, 11) is 0. The van der Waals surface area contributed by atoms with Crippen molar-refractivity contribution in [2.24, 2.45) is 5.92 Å². The van der Waals surface area contributed by atoms with Gasteiger partial charge < -0.3 is 0 Å². The van der Waals surface area contributed by atoms with Gasteiger partial charge in [0.25, 0.3) is 5.69 Å². The molecule has 0 aliphatic carbocycles. The van der Waals surface area contributed by atoms with Crippen LogP contribution in [-0.2, 0) is 6.18 Å². The third-order valence-corrected chi connectivity index (χ3v) is 3.05. The first kappa shape index (κ1) is 14.5. The molecule has 18 heavy (non-hydrogen) atoms. The van der Waals surface area contributed by atoms with Crippen molar-refractivity contribution in [2.45, 2.75) is 32.9 Å². The Morgan fingerprint density at radius 2 is 1.78 bits per heavy atom. The number of hydrogen-bond donors (Lipinski definition) is 0. The van der Waals surface area contributed by atoms with Crippen LogP contribution in [0, 0.1) is 16.0 Å². The molecule has 0 aromatic heterocycles. The van der Waals surface area contributed by atoms with Crippen molar-refractivity contribution in [1.29, 1.82) is 0 Å². The normalized spacial score (nSPS) is 13.7. The van der Waals surface area contributed by atoms with Crippen molar-refractivity contribution >= 4 is 5.69 Å². The maximum Gasteiger partial charge on any atom is 0.416 e. The van der Waals surface area contributed by atoms with Crippen LogP contribution in [0.25, 0.3) is 0 Å². The van der Waals surface area contributed by atoms with Gasteiger partial charge in [-0.15, -0.1) is 0 Å². The molecule has 0 amide bonds. The summed E-state index contributed by atoms with van der Waals surface area (Å²) in [5.41, 5.74) is -1.12. The van der Waals surface area contributed by atoms with Crippen LogP contribution in [0.2, 0.25) is 0 Å². The molecular formula is C12H14F3NO2. The fourth-order valence-electron chi connectivity index (χ4n) is 1.62. The van der Waals surface area contributed by atoms with E-state index in [0.717, 1.165) is 6.07 Å². The topological polar surface area (TPSA) is 43.1 Å². The van der Waals surface area contributed by atoms with Crippen LogP contribution in [0.5, 0.6) is 0 Å². The van der Waals surface area contributed by atoms with E-state index < -0.39 is 22.4 Å². The number of nitrogens with zero attached hydrogens (tertiary/aromatic N) is 1. The molecule has 6 heteroatoms. The zero-order valence-corrected chi connectivity index (χ0v) is 10.3. The molecule has 0 fully saturated rings. The molecule has 0 spiro atoms. The number of hydrogen-bond acceptors (Lipinski definition) is 2. The highest BCUT2D eigenvalue weighted by molar-refractivity contribution is 5.46. The highest BCUT2D eigenvalue weighted by Crippen LogP contribution is 2.37. The molecule has 1 rings (SSSR count). The Bertz CT molecular complexity index is 455. The van der Waals surface area contributed by atoms with Crippen molar-refractivity contribution in [3.63, 3.8) is 0 Å². The van der Waals surface area contributed by atoms with Crippen molar-refractivity contribution in [3.05, 3.63) is 39.4 Å². The van der Waals surface area contributed by atoms with Crippen molar-refractivity contribution in [3.8, 4) is 0 Å². The summed E-state index contributed by atoms with van der Waals surface area (Å²) in [6.07, 6.45) is -4.57. The molecule has 100 valence electrons. The van der Waals surface area contributed by atoms with Crippen LogP contribution in [0.15, 0.2) is 18.2 Å². The molecule has 0 aliphatic heterocycles. The highest BCUT2D eigenvalue weighted by Gasteiger charge is 2.33. The van der Waals surface area contributed by atoms with E-state index in [4.69, 9.17) is 0 Å². The molecular weight excluding hydrogens is 247 g/mol. The van der Waals surface area contributed by atoms with Crippen molar-refractivity contribution in [1.82, 2.24) is 0 Å². The van der Waals surface area contributed by atoms with Crippen LogP contribution in [0.3, 0.4) is 0 Å². The Hall–Kier alpha value is -1.59. The van der Waals surface area contributed by atoms with Crippen LogP contribution < -0.4 is 0 Å². The molecule has 0 radical (unpaired) electrons. The van der Waals surface area contributed by atoms with Gasteiger partial charge in [-0.05, 0) is 17.9 Å². The fourth-order valence-corrected chi connectivity index (χ4v) is 1.62. The standard InChI is InChI=1S/C12H14F3NO2/c1-7(2)8(3)10-5-4-9(12(13,14)15)6-11(10)16(17)18/h4-8H,1-3H3. The van der Waals surface area contributed by atoms with E-state index in [1.165, 1.54) is 6.07 Å². The minimum atomic E-state index is -4.57. The summed E-state index contributed by atoms with van der Waals surface area (Å²) >= 11 is 0. The van der Waals surface area contributed by atoms with E-state index in [2.05, 4.69) is 0 Å². The van der Waals surface area contributed by atoms with Crippen LogP contribution in [0.1, 0.15) is 37.8 Å². The fraction of sp³-hybridized carbons (Fsp3) is 0.500. The summed E-state index contributed by atoms with van der Waals surface area (Å²) in [5, 5.41) is 10.9. The monoisotopic (exact) mass is 261 g/mol. The first-order chi connectivity index (χ1) is 8.14. The lowest BCUT2D eigenvalue weighted by molar-refractivity contribution is -0.386. The molecule has 1 atom stereocenters. The van der Waals surface area contributed by atoms with Gasteiger partial charge in [-0.25, -0.2) is 0 Å². The van der Waals surface area contributed by atoms with Gasteiger partial charge in [0, 0.05) is 11.6 Å². The summed E-state index contributed by atoms with van der Waals surface area (Å²) < 4.78 is 37.5. The molecule has 1 aromatic rings. The lowest BCUT2D eigenvalue weighted by Crippen LogP contribution is -2.10.